The number of carbonyl (C=O) groups is 1. The molecule has 0 radical (unpaired) electrons. The quantitative estimate of drug-likeness (QED) is 0.569. The van der Waals surface area contributed by atoms with E-state index in [0.29, 0.717) is 23.5 Å². The summed E-state index contributed by atoms with van der Waals surface area (Å²) in [6.07, 6.45) is 1.69. The highest BCUT2D eigenvalue weighted by Gasteiger charge is 2.14. The van der Waals surface area contributed by atoms with E-state index < -0.39 is 12.6 Å². The fourth-order valence-corrected chi connectivity index (χ4v) is 2.56. The minimum Gasteiger partial charge on any atom is -0.490 e. The maximum atomic E-state index is 10.7. The number of aryl methyl sites for hydroxylation is 1. The number of ether oxygens (including phenoxy) is 2. The molecule has 0 atom stereocenters. The third kappa shape index (κ3) is 5.01. The summed E-state index contributed by atoms with van der Waals surface area (Å²) >= 11 is 6.24. The van der Waals surface area contributed by atoms with Crippen LogP contribution in [-0.4, -0.2) is 24.3 Å². The van der Waals surface area contributed by atoms with Gasteiger partial charge in [0, 0.05) is 0 Å². The first-order chi connectivity index (χ1) is 12.4. The van der Waals surface area contributed by atoms with Gasteiger partial charge in [-0.3, -0.25) is 0 Å². The van der Waals surface area contributed by atoms with Crippen LogP contribution in [0, 0.1) is 18.3 Å². The third-order valence-corrected chi connectivity index (χ3v) is 3.75. The number of rotatable bonds is 7. The fraction of sp³-hybridized carbons (Fsp3) is 0.200. The van der Waals surface area contributed by atoms with E-state index in [4.69, 9.17) is 26.2 Å². The zero-order chi connectivity index (χ0) is 19.1. The molecule has 0 fully saturated rings. The van der Waals surface area contributed by atoms with Gasteiger partial charge in [-0.05, 0) is 43.2 Å². The minimum atomic E-state index is -1.11. The van der Waals surface area contributed by atoms with Gasteiger partial charge >= 0.3 is 5.97 Å². The Hall–Kier alpha value is -2.97. The Morgan fingerprint density at radius 3 is 2.54 bits per heavy atom. The van der Waals surface area contributed by atoms with Crippen molar-refractivity contribution in [2.45, 2.75) is 13.8 Å². The molecule has 26 heavy (non-hydrogen) atoms. The molecule has 0 amide bonds. The molecule has 0 aliphatic carbocycles. The van der Waals surface area contributed by atoms with E-state index in [0.717, 1.165) is 11.1 Å². The second-order valence-corrected chi connectivity index (χ2v) is 5.89. The van der Waals surface area contributed by atoms with Crippen LogP contribution in [0.3, 0.4) is 0 Å². The molecule has 1 N–H and O–H groups in total. The molecular formula is C20H18ClNO4. The summed E-state index contributed by atoms with van der Waals surface area (Å²) < 4.78 is 10.7. The zero-order valence-electron chi connectivity index (χ0n) is 14.5. The monoisotopic (exact) mass is 371 g/mol. The molecule has 0 aromatic heterocycles. The molecule has 2 aromatic carbocycles. The van der Waals surface area contributed by atoms with Gasteiger partial charge in [0.15, 0.2) is 18.1 Å². The Balaban J connectivity index is 2.43. The van der Waals surface area contributed by atoms with Crippen molar-refractivity contribution < 1.29 is 19.4 Å². The SMILES string of the molecule is CCOc1cc(/C=C(/C#N)c2ccc(C)cc2)cc(Cl)c1OCC(=O)O. The summed E-state index contributed by atoms with van der Waals surface area (Å²) in [5.74, 6) is -0.616. The summed E-state index contributed by atoms with van der Waals surface area (Å²) in [5.41, 5.74) is 3.02. The average Bonchev–Trinajstić information content (AvgIpc) is 2.60. The van der Waals surface area contributed by atoms with E-state index in [1.54, 1.807) is 25.1 Å². The molecule has 2 rings (SSSR count). The van der Waals surface area contributed by atoms with Crippen LogP contribution in [0.15, 0.2) is 36.4 Å². The van der Waals surface area contributed by atoms with Crippen molar-refractivity contribution in [3.63, 3.8) is 0 Å². The Labute approximate surface area is 157 Å². The summed E-state index contributed by atoms with van der Waals surface area (Å²) in [6.45, 7) is 3.60. The number of hydrogen-bond acceptors (Lipinski definition) is 4. The topological polar surface area (TPSA) is 79.5 Å². The molecule has 0 aliphatic rings. The van der Waals surface area contributed by atoms with Gasteiger partial charge in [0.25, 0.3) is 0 Å². The minimum absolute atomic E-state index is 0.168. The lowest BCUT2D eigenvalue weighted by Gasteiger charge is -2.13. The van der Waals surface area contributed by atoms with Crippen LogP contribution in [0.2, 0.25) is 5.02 Å². The van der Waals surface area contributed by atoms with Crippen molar-refractivity contribution in [2.24, 2.45) is 0 Å². The Kier molecular flexibility index (Phi) is 6.65. The van der Waals surface area contributed by atoms with Gasteiger partial charge < -0.3 is 14.6 Å². The van der Waals surface area contributed by atoms with Gasteiger partial charge in [-0.25, -0.2) is 4.79 Å². The predicted molar refractivity (Wildman–Crippen MR) is 100 cm³/mol. The van der Waals surface area contributed by atoms with Crippen LogP contribution in [-0.2, 0) is 4.79 Å². The van der Waals surface area contributed by atoms with Crippen LogP contribution >= 0.6 is 11.6 Å². The average molecular weight is 372 g/mol. The number of hydrogen-bond donors (Lipinski definition) is 1. The Morgan fingerprint density at radius 1 is 1.27 bits per heavy atom. The van der Waals surface area contributed by atoms with Gasteiger partial charge in [0.2, 0.25) is 0 Å². The van der Waals surface area contributed by atoms with Crippen molar-refractivity contribution in [3.05, 3.63) is 58.1 Å². The third-order valence-electron chi connectivity index (χ3n) is 3.47. The number of aliphatic carboxylic acids is 1. The lowest BCUT2D eigenvalue weighted by molar-refractivity contribution is -0.139. The maximum absolute atomic E-state index is 10.7. The van der Waals surface area contributed by atoms with E-state index in [-0.39, 0.29) is 10.8 Å². The molecular weight excluding hydrogens is 354 g/mol. The summed E-state index contributed by atoms with van der Waals surface area (Å²) in [7, 11) is 0. The molecule has 0 heterocycles. The molecule has 134 valence electrons. The highest BCUT2D eigenvalue weighted by atomic mass is 35.5. The second kappa shape index (κ2) is 8.93. The van der Waals surface area contributed by atoms with Crippen LogP contribution in [0.4, 0.5) is 0 Å². The second-order valence-electron chi connectivity index (χ2n) is 5.48. The van der Waals surface area contributed by atoms with E-state index in [9.17, 15) is 10.1 Å². The molecule has 6 heteroatoms. The fourth-order valence-electron chi connectivity index (χ4n) is 2.29. The van der Waals surface area contributed by atoms with E-state index in [1.807, 2.05) is 31.2 Å². The van der Waals surface area contributed by atoms with Crippen molar-refractivity contribution >= 4 is 29.2 Å². The van der Waals surface area contributed by atoms with Crippen LogP contribution < -0.4 is 9.47 Å². The smallest absolute Gasteiger partial charge is 0.341 e. The first-order valence-corrected chi connectivity index (χ1v) is 8.32. The lowest BCUT2D eigenvalue weighted by atomic mass is 10.0. The largest absolute Gasteiger partial charge is 0.490 e. The van der Waals surface area contributed by atoms with Crippen molar-refractivity contribution in [1.29, 1.82) is 5.26 Å². The number of carboxylic acids is 1. The molecule has 0 aliphatic heterocycles. The van der Waals surface area contributed by atoms with Gasteiger partial charge in [-0.15, -0.1) is 0 Å². The summed E-state index contributed by atoms with van der Waals surface area (Å²) in [4.78, 5) is 10.7. The molecule has 0 saturated heterocycles. The van der Waals surface area contributed by atoms with Crippen molar-refractivity contribution in [3.8, 4) is 17.6 Å². The normalized spacial score (nSPS) is 10.9. The van der Waals surface area contributed by atoms with Crippen LogP contribution in [0.25, 0.3) is 11.6 Å². The van der Waals surface area contributed by atoms with Gasteiger partial charge in [0.05, 0.1) is 23.3 Å². The number of carboxylic acid groups (broad SMARTS) is 1. The first-order valence-electron chi connectivity index (χ1n) is 7.94. The number of benzene rings is 2. The number of nitriles is 1. The number of allylic oxidation sites excluding steroid dienone is 1. The Bertz CT molecular complexity index is 867. The molecule has 0 bridgehead atoms. The molecule has 5 nitrogen and oxygen atoms in total. The van der Waals surface area contributed by atoms with Crippen LogP contribution in [0.1, 0.15) is 23.6 Å². The van der Waals surface area contributed by atoms with E-state index in [2.05, 4.69) is 6.07 Å². The molecule has 0 unspecified atom stereocenters. The maximum Gasteiger partial charge on any atom is 0.341 e. The summed E-state index contributed by atoms with van der Waals surface area (Å²) in [6, 6.07) is 13.1. The zero-order valence-corrected chi connectivity index (χ0v) is 15.2. The summed E-state index contributed by atoms with van der Waals surface area (Å²) in [5, 5.41) is 18.5. The van der Waals surface area contributed by atoms with Crippen molar-refractivity contribution in [2.75, 3.05) is 13.2 Å². The molecule has 2 aromatic rings. The van der Waals surface area contributed by atoms with Gasteiger partial charge in [-0.2, -0.15) is 5.26 Å². The van der Waals surface area contributed by atoms with Crippen molar-refractivity contribution in [1.82, 2.24) is 0 Å². The standard InChI is InChI=1S/C20H18ClNO4/c1-3-25-18-10-14(9-17(21)20(18)26-12-19(23)24)8-16(11-22)15-6-4-13(2)5-7-15/h4-10H,3,12H2,1-2H3,(H,23,24)/b16-8-. The highest BCUT2D eigenvalue weighted by Crippen LogP contribution is 2.37. The van der Waals surface area contributed by atoms with Crippen LogP contribution in [0.5, 0.6) is 11.5 Å². The highest BCUT2D eigenvalue weighted by molar-refractivity contribution is 6.32. The number of nitrogens with zero attached hydrogens (tertiary/aromatic N) is 1. The predicted octanol–water partition coefficient (Wildman–Crippen LogP) is 4.57. The van der Waals surface area contributed by atoms with Gasteiger partial charge in [0.1, 0.15) is 0 Å². The molecule has 0 saturated carbocycles. The van der Waals surface area contributed by atoms with E-state index in [1.165, 1.54) is 0 Å². The van der Waals surface area contributed by atoms with Gasteiger partial charge in [-0.1, -0.05) is 41.4 Å². The van der Waals surface area contributed by atoms with E-state index >= 15 is 0 Å². The Morgan fingerprint density at radius 2 is 1.96 bits per heavy atom. The number of halogens is 1. The lowest BCUT2D eigenvalue weighted by Crippen LogP contribution is -2.10. The molecule has 0 spiro atoms. The first kappa shape index (κ1) is 19.4.